The lowest BCUT2D eigenvalue weighted by Crippen LogP contribution is -2.15. The van der Waals surface area contributed by atoms with Crippen molar-refractivity contribution in [2.75, 3.05) is 18.2 Å². The van der Waals surface area contributed by atoms with E-state index in [1.54, 1.807) is 24.5 Å². The molecule has 7 nitrogen and oxygen atoms in total. The fraction of sp³-hybridized carbons (Fsp3) is 0.222. The maximum atomic E-state index is 12.4. The molecule has 0 spiro atoms. The zero-order chi connectivity index (χ0) is 19.4. The van der Waals surface area contributed by atoms with Crippen molar-refractivity contribution in [2.45, 2.75) is 12.1 Å². The van der Waals surface area contributed by atoms with Crippen LogP contribution >= 0.6 is 23.4 Å². The van der Waals surface area contributed by atoms with E-state index in [0.717, 1.165) is 11.1 Å². The molecule has 1 aromatic carbocycles. The molecule has 140 valence electrons. The predicted octanol–water partition coefficient (Wildman–Crippen LogP) is 3.58. The fourth-order valence-electron chi connectivity index (χ4n) is 2.43. The second kappa shape index (κ2) is 8.41. The van der Waals surface area contributed by atoms with Gasteiger partial charge in [0.15, 0.2) is 11.0 Å². The Bertz CT molecular complexity index is 962. The molecule has 0 saturated heterocycles. The second-order valence-corrected chi connectivity index (χ2v) is 7.10. The van der Waals surface area contributed by atoms with Crippen LogP contribution < -0.4 is 10.1 Å². The normalized spacial score (nSPS) is 10.7. The van der Waals surface area contributed by atoms with Crippen LogP contribution in [0.25, 0.3) is 11.4 Å². The number of ether oxygens (including phenoxy) is 1. The van der Waals surface area contributed by atoms with Gasteiger partial charge in [0.25, 0.3) is 0 Å². The Morgan fingerprint density at radius 1 is 1.37 bits per heavy atom. The van der Waals surface area contributed by atoms with E-state index in [2.05, 4.69) is 20.5 Å². The Balaban J connectivity index is 1.67. The summed E-state index contributed by atoms with van der Waals surface area (Å²) in [6.45, 7) is 1.87. The van der Waals surface area contributed by atoms with Crippen molar-refractivity contribution in [3.05, 3.63) is 47.2 Å². The monoisotopic (exact) mass is 403 g/mol. The van der Waals surface area contributed by atoms with Gasteiger partial charge in [0.2, 0.25) is 5.91 Å². The molecule has 1 amide bonds. The van der Waals surface area contributed by atoms with Gasteiger partial charge in [0.05, 0.1) is 18.6 Å². The topological polar surface area (TPSA) is 81.9 Å². The highest BCUT2D eigenvalue weighted by atomic mass is 35.5. The van der Waals surface area contributed by atoms with Crippen LogP contribution in [0, 0.1) is 6.92 Å². The van der Waals surface area contributed by atoms with Gasteiger partial charge in [-0.3, -0.25) is 9.78 Å². The number of hydrogen-bond donors (Lipinski definition) is 1. The largest absolute Gasteiger partial charge is 0.495 e. The van der Waals surface area contributed by atoms with Crippen molar-refractivity contribution < 1.29 is 9.53 Å². The second-order valence-electron chi connectivity index (χ2n) is 5.75. The number of carbonyl (C=O) groups is 1. The molecule has 3 aromatic rings. The average molecular weight is 404 g/mol. The van der Waals surface area contributed by atoms with Gasteiger partial charge in [-0.2, -0.15) is 0 Å². The zero-order valence-corrected chi connectivity index (χ0v) is 16.6. The smallest absolute Gasteiger partial charge is 0.234 e. The standard InChI is InChI=1S/C18H18ClN5O2S/c1-11-7-14(15(26-3)8-13(11)19)21-16(25)10-27-18-23-22-17(24(18)2)12-5-4-6-20-9-12/h4-9H,10H2,1-3H3,(H,21,25). The number of halogens is 1. The summed E-state index contributed by atoms with van der Waals surface area (Å²) in [6, 6.07) is 7.22. The van der Waals surface area contributed by atoms with Gasteiger partial charge in [-0.25, -0.2) is 0 Å². The van der Waals surface area contributed by atoms with Gasteiger partial charge in [0, 0.05) is 36.1 Å². The van der Waals surface area contributed by atoms with Crippen molar-refractivity contribution in [1.82, 2.24) is 19.7 Å². The first-order chi connectivity index (χ1) is 13.0. The molecule has 0 aliphatic heterocycles. The number of pyridine rings is 1. The molecule has 0 fully saturated rings. The number of methoxy groups -OCH3 is 1. The van der Waals surface area contributed by atoms with Gasteiger partial charge in [-0.05, 0) is 30.7 Å². The first-order valence-electron chi connectivity index (χ1n) is 8.06. The van der Waals surface area contributed by atoms with Gasteiger partial charge < -0.3 is 14.6 Å². The number of rotatable bonds is 6. The number of carbonyl (C=O) groups excluding carboxylic acids is 1. The molecular formula is C18H18ClN5O2S. The van der Waals surface area contributed by atoms with Crippen LogP contribution in [0.4, 0.5) is 5.69 Å². The van der Waals surface area contributed by atoms with Crippen LogP contribution in [0.5, 0.6) is 5.75 Å². The number of anilines is 1. The molecule has 0 bridgehead atoms. The molecule has 2 aromatic heterocycles. The van der Waals surface area contributed by atoms with Gasteiger partial charge in [0.1, 0.15) is 5.75 Å². The zero-order valence-electron chi connectivity index (χ0n) is 15.1. The van der Waals surface area contributed by atoms with E-state index in [1.807, 2.05) is 30.7 Å². The minimum absolute atomic E-state index is 0.175. The summed E-state index contributed by atoms with van der Waals surface area (Å²) in [7, 11) is 3.39. The molecule has 1 N–H and O–H groups in total. The molecular weight excluding hydrogens is 386 g/mol. The maximum absolute atomic E-state index is 12.4. The Labute approximate surface area is 166 Å². The summed E-state index contributed by atoms with van der Waals surface area (Å²) in [4.78, 5) is 16.4. The van der Waals surface area contributed by atoms with E-state index in [4.69, 9.17) is 16.3 Å². The minimum Gasteiger partial charge on any atom is -0.495 e. The van der Waals surface area contributed by atoms with E-state index < -0.39 is 0 Å². The third-order valence-electron chi connectivity index (χ3n) is 3.84. The van der Waals surface area contributed by atoms with Crippen LogP contribution in [-0.4, -0.2) is 38.5 Å². The predicted molar refractivity (Wildman–Crippen MR) is 106 cm³/mol. The first-order valence-corrected chi connectivity index (χ1v) is 9.42. The van der Waals surface area contributed by atoms with Gasteiger partial charge >= 0.3 is 0 Å². The molecule has 0 aliphatic rings. The quantitative estimate of drug-likeness (QED) is 0.633. The number of nitrogens with one attached hydrogen (secondary N) is 1. The average Bonchev–Trinajstić information content (AvgIpc) is 3.04. The molecule has 9 heteroatoms. The van der Waals surface area contributed by atoms with Crippen molar-refractivity contribution in [3.8, 4) is 17.1 Å². The number of thioether (sulfide) groups is 1. The Hall–Kier alpha value is -2.58. The number of aryl methyl sites for hydroxylation is 1. The lowest BCUT2D eigenvalue weighted by Gasteiger charge is -2.12. The van der Waals surface area contributed by atoms with Crippen LogP contribution in [0.3, 0.4) is 0 Å². The highest BCUT2D eigenvalue weighted by Gasteiger charge is 2.14. The van der Waals surface area contributed by atoms with Gasteiger partial charge in [-0.15, -0.1) is 10.2 Å². The summed E-state index contributed by atoms with van der Waals surface area (Å²) < 4.78 is 7.11. The molecule has 0 radical (unpaired) electrons. The van der Waals surface area contributed by atoms with E-state index in [9.17, 15) is 4.79 Å². The molecule has 2 heterocycles. The molecule has 0 unspecified atom stereocenters. The van der Waals surface area contributed by atoms with Crippen molar-refractivity contribution in [2.24, 2.45) is 7.05 Å². The number of benzene rings is 1. The first kappa shape index (κ1) is 19.2. The molecule has 27 heavy (non-hydrogen) atoms. The van der Waals surface area contributed by atoms with E-state index in [1.165, 1.54) is 18.9 Å². The summed E-state index contributed by atoms with van der Waals surface area (Å²) in [6.07, 6.45) is 3.42. The SMILES string of the molecule is COc1cc(Cl)c(C)cc1NC(=O)CSc1nnc(-c2cccnc2)n1C. The Morgan fingerprint density at radius 2 is 2.19 bits per heavy atom. The third-order valence-corrected chi connectivity index (χ3v) is 5.27. The maximum Gasteiger partial charge on any atom is 0.234 e. The molecule has 3 rings (SSSR count). The highest BCUT2D eigenvalue weighted by Crippen LogP contribution is 2.31. The fourth-order valence-corrected chi connectivity index (χ4v) is 3.30. The van der Waals surface area contributed by atoms with Crippen molar-refractivity contribution >= 4 is 35.0 Å². The molecule has 0 atom stereocenters. The third kappa shape index (κ3) is 4.40. The summed E-state index contributed by atoms with van der Waals surface area (Å²) in [5.74, 6) is 1.22. The number of amides is 1. The Kier molecular flexibility index (Phi) is 5.98. The van der Waals surface area contributed by atoms with Crippen LogP contribution in [0.2, 0.25) is 5.02 Å². The number of aromatic nitrogens is 4. The highest BCUT2D eigenvalue weighted by molar-refractivity contribution is 7.99. The van der Waals surface area contributed by atoms with Crippen LogP contribution in [0.1, 0.15) is 5.56 Å². The van der Waals surface area contributed by atoms with Crippen molar-refractivity contribution in [3.63, 3.8) is 0 Å². The lowest BCUT2D eigenvalue weighted by atomic mass is 10.2. The lowest BCUT2D eigenvalue weighted by molar-refractivity contribution is -0.113. The summed E-state index contributed by atoms with van der Waals surface area (Å²) >= 11 is 7.39. The number of nitrogens with zero attached hydrogens (tertiary/aromatic N) is 4. The van der Waals surface area contributed by atoms with Gasteiger partial charge in [-0.1, -0.05) is 23.4 Å². The minimum atomic E-state index is -0.175. The molecule has 0 aliphatic carbocycles. The van der Waals surface area contributed by atoms with E-state index in [0.29, 0.717) is 27.4 Å². The van der Waals surface area contributed by atoms with E-state index in [-0.39, 0.29) is 11.7 Å². The van der Waals surface area contributed by atoms with E-state index >= 15 is 0 Å². The van der Waals surface area contributed by atoms with Crippen LogP contribution in [0.15, 0.2) is 41.8 Å². The van der Waals surface area contributed by atoms with Crippen LogP contribution in [-0.2, 0) is 11.8 Å². The number of hydrogen-bond acceptors (Lipinski definition) is 6. The Morgan fingerprint density at radius 3 is 2.89 bits per heavy atom. The van der Waals surface area contributed by atoms with Crippen molar-refractivity contribution in [1.29, 1.82) is 0 Å². The molecule has 0 saturated carbocycles. The summed E-state index contributed by atoms with van der Waals surface area (Å²) in [5.41, 5.74) is 2.30. The summed E-state index contributed by atoms with van der Waals surface area (Å²) in [5, 5.41) is 12.4.